The van der Waals surface area contributed by atoms with Gasteiger partial charge < -0.3 is 9.32 Å². The van der Waals surface area contributed by atoms with Crippen LogP contribution in [0.25, 0.3) is 88.0 Å². The summed E-state index contributed by atoms with van der Waals surface area (Å²) in [5.41, 5.74) is 14.4. The standard InChI is InChI=1S/C56H37NO/c1-3-12-38(13-4-1)46-35-47(39-14-5-2-6-15-39)37-50(36-46)57(48-29-24-41(25-30-48)45-23-22-40-16-7-8-18-44(40)34-45)49-31-26-43(27-32-49)51-20-11-21-54-55(51)53-33-28-42-17-9-10-19-52(42)56(53)58-54/h1-37H. The van der Waals surface area contributed by atoms with Gasteiger partial charge in [-0.05, 0) is 121 Å². The zero-order valence-corrected chi connectivity index (χ0v) is 31.7. The number of hydrogen-bond donors (Lipinski definition) is 0. The zero-order chi connectivity index (χ0) is 38.4. The van der Waals surface area contributed by atoms with Crippen molar-refractivity contribution in [3.05, 3.63) is 224 Å². The van der Waals surface area contributed by atoms with Crippen molar-refractivity contribution in [1.82, 2.24) is 0 Å². The Balaban J connectivity index is 1.06. The second-order valence-corrected chi connectivity index (χ2v) is 14.9. The quantitative estimate of drug-likeness (QED) is 0.162. The fourth-order valence-electron chi connectivity index (χ4n) is 8.54. The fraction of sp³-hybridized carbons (Fsp3) is 0. The summed E-state index contributed by atoms with van der Waals surface area (Å²) in [5.74, 6) is 0. The summed E-state index contributed by atoms with van der Waals surface area (Å²) < 4.78 is 6.56. The van der Waals surface area contributed by atoms with Crippen molar-refractivity contribution in [2.75, 3.05) is 4.90 Å². The van der Waals surface area contributed by atoms with Crippen molar-refractivity contribution >= 4 is 60.5 Å². The summed E-state index contributed by atoms with van der Waals surface area (Å²) in [4.78, 5) is 2.38. The molecular weight excluding hydrogens is 703 g/mol. The molecule has 0 spiro atoms. The first-order valence-corrected chi connectivity index (χ1v) is 19.8. The molecule has 0 aliphatic carbocycles. The van der Waals surface area contributed by atoms with Gasteiger partial charge in [0.1, 0.15) is 11.2 Å². The van der Waals surface area contributed by atoms with Crippen LogP contribution in [-0.2, 0) is 0 Å². The van der Waals surface area contributed by atoms with Crippen molar-refractivity contribution in [3.8, 4) is 44.5 Å². The third kappa shape index (κ3) is 6.00. The van der Waals surface area contributed by atoms with Gasteiger partial charge in [-0.3, -0.25) is 0 Å². The number of furan rings is 1. The molecule has 1 heterocycles. The lowest BCUT2D eigenvalue weighted by Crippen LogP contribution is -2.10. The van der Waals surface area contributed by atoms with E-state index in [0.29, 0.717) is 0 Å². The van der Waals surface area contributed by atoms with Crippen LogP contribution >= 0.6 is 0 Å². The Labute approximate surface area is 337 Å². The molecule has 0 bridgehead atoms. The van der Waals surface area contributed by atoms with Crippen LogP contribution in [-0.4, -0.2) is 0 Å². The molecule has 0 atom stereocenters. The normalized spacial score (nSPS) is 11.4. The lowest BCUT2D eigenvalue weighted by atomic mass is 9.96. The molecular formula is C56H37NO. The molecule has 10 aromatic carbocycles. The highest BCUT2D eigenvalue weighted by Gasteiger charge is 2.18. The molecule has 0 aliphatic rings. The van der Waals surface area contributed by atoms with Gasteiger partial charge in [-0.15, -0.1) is 0 Å². The molecule has 11 aromatic rings. The molecule has 0 aliphatic heterocycles. The van der Waals surface area contributed by atoms with Crippen LogP contribution in [0.3, 0.4) is 0 Å². The van der Waals surface area contributed by atoms with Gasteiger partial charge in [0.15, 0.2) is 0 Å². The molecule has 0 saturated heterocycles. The SMILES string of the molecule is c1ccc(-c2cc(-c3ccccc3)cc(N(c3ccc(-c4ccc5ccccc5c4)cc3)c3ccc(-c4cccc5oc6c7ccccc7ccc6c45)cc3)c2)cc1. The summed E-state index contributed by atoms with van der Waals surface area (Å²) in [6, 6.07) is 80.7. The zero-order valence-electron chi connectivity index (χ0n) is 31.7. The van der Waals surface area contributed by atoms with Gasteiger partial charge in [0.25, 0.3) is 0 Å². The first-order valence-electron chi connectivity index (χ1n) is 19.8. The van der Waals surface area contributed by atoms with E-state index in [-0.39, 0.29) is 0 Å². The molecule has 272 valence electrons. The number of rotatable bonds is 7. The maximum Gasteiger partial charge on any atom is 0.143 e. The average molecular weight is 740 g/mol. The molecule has 11 rings (SSSR count). The Kier molecular flexibility index (Phi) is 8.19. The first-order chi connectivity index (χ1) is 28.7. The predicted molar refractivity (Wildman–Crippen MR) is 245 cm³/mol. The molecule has 0 N–H and O–H groups in total. The van der Waals surface area contributed by atoms with E-state index < -0.39 is 0 Å². The first kappa shape index (κ1) is 33.6. The number of anilines is 3. The second-order valence-electron chi connectivity index (χ2n) is 14.9. The molecule has 0 unspecified atom stereocenters. The van der Waals surface area contributed by atoms with E-state index in [0.717, 1.165) is 66.6 Å². The minimum atomic E-state index is 0.896. The highest BCUT2D eigenvalue weighted by molar-refractivity contribution is 6.19. The fourth-order valence-corrected chi connectivity index (χ4v) is 8.54. The number of hydrogen-bond acceptors (Lipinski definition) is 2. The molecule has 1 aromatic heterocycles. The van der Waals surface area contributed by atoms with E-state index in [4.69, 9.17) is 4.42 Å². The Bertz CT molecular complexity index is 3200. The van der Waals surface area contributed by atoms with Gasteiger partial charge in [0, 0.05) is 33.2 Å². The lowest BCUT2D eigenvalue weighted by molar-refractivity contribution is 0.673. The molecule has 0 fully saturated rings. The Morgan fingerprint density at radius 2 is 0.845 bits per heavy atom. The third-order valence-corrected chi connectivity index (χ3v) is 11.4. The van der Waals surface area contributed by atoms with Crippen LogP contribution in [0.5, 0.6) is 0 Å². The van der Waals surface area contributed by atoms with Gasteiger partial charge in [-0.1, -0.05) is 164 Å². The van der Waals surface area contributed by atoms with Crippen molar-refractivity contribution in [3.63, 3.8) is 0 Å². The van der Waals surface area contributed by atoms with Gasteiger partial charge in [0.05, 0.1) is 0 Å². The van der Waals surface area contributed by atoms with E-state index in [9.17, 15) is 0 Å². The topological polar surface area (TPSA) is 16.4 Å². The van der Waals surface area contributed by atoms with E-state index in [2.05, 4.69) is 229 Å². The van der Waals surface area contributed by atoms with Crippen LogP contribution in [0.4, 0.5) is 17.1 Å². The molecule has 0 saturated carbocycles. The van der Waals surface area contributed by atoms with Crippen LogP contribution in [0, 0.1) is 0 Å². The van der Waals surface area contributed by atoms with Crippen molar-refractivity contribution in [2.45, 2.75) is 0 Å². The largest absolute Gasteiger partial charge is 0.455 e. The Morgan fingerprint density at radius 3 is 1.53 bits per heavy atom. The van der Waals surface area contributed by atoms with Gasteiger partial charge in [0.2, 0.25) is 0 Å². The molecule has 2 heteroatoms. The van der Waals surface area contributed by atoms with Crippen LogP contribution < -0.4 is 4.90 Å². The van der Waals surface area contributed by atoms with Crippen LogP contribution in [0.2, 0.25) is 0 Å². The smallest absolute Gasteiger partial charge is 0.143 e. The number of benzene rings is 10. The summed E-state index contributed by atoms with van der Waals surface area (Å²) in [6.45, 7) is 0. The number of fused-ring (bicyclic) bond motifs is 6. The van der Waals surface area contributed by atoms with Gasteiger partial charge in [-0.2, -0.15) is 0 Å². The molecule has 58 heavy (non-hydrogen) atoms. The highest BCUT2D eigenvalue weighted by atomic mass is 16.3. The van der Waals surface area contributed by atoms with Crippen molar-refractivity contribution in [2.24, 2.45) is 0 Å². The van der Waals surface area contributed by atoms with E-state index in [1.165, 1.54) is 38.4 Å². The molecule has 0 amide bonds. The monoisotopic (exact) mass is 739 g/mol. The van der Waals surface area contributed by atoms with Crippen molar-refractivity contribution in [1.29, 1.82) is 0 Å². The summed E-state index contributed by atoms with van der Waals surface area (Å²) in [6.07, 6.45) is 0. The lowest BCUT2D eigenvalue weighted by Gasteiger charge is -2.27. The third-order valence-electron chi connectivity index (χ3n) is 11.4. The van der Waals surface area contributed by atoms with E-state index >= 15 is 0 Å². The number of nitrogens with zero attached hydrogens (tertiary/aromatic N) is 1. The van der Waals surface area contributed by atoms with Gasteiger partial charge in [-0.25, -0.2) is 0 Å². The van der Waals surface area contributed by atoms with Crippen molar-refractivity contribution < 1.29 is 4.42 Å². The second kappa shape index (κ2) is 14.1. The Morgan fingerprint density at radius 1 is 0.293 bits per heavy atom. The summed E-state index contributed by atoms with van der Waals surface area (Å²) >= 11 is 0. The predicted octanol–water partition coefficient (Wildman–Crippen LogP) is 16.0. The van der Waals surface area contributed by atoms with Crippen LogP contribution in [0.1, 0.15) is 0 Å². The highest BCUT2D eigenvalue weighted by Crippen LogP contribution is 2.43. The summed E-state index contributed by atoms with van der Waals surface area (Å²) in [7, 11) is 0. The maximum absolute atomic E-state index is 6.56. The van der Waals surface area contributed by atoms with Gasteiger partial charge >= 0.3 is 0 Å². The molecule has 0 radical (unpaired) electrons. The van der Waals surface area contributed by atoms with E-state index in [1.54, 1.807) is 0 Å². The Hall–Kier alpha value is -7.68. The maximum atomic E-state index is 6.56. The minimum absolute atomic E-state index is 0.896. The van der Waals surface area contributed by atoms with E-state index in [1.807, 2.05) is 0 Å². The average Bonchev–Trinajstić information content (AvgIpc) is 3.70. The van der Waals surface area contributed by atoms with Crippen LogP contribution in [0.15, 0.2) is 229 Å². The minimum Gasteiger partial charge on any atom is -0.455 e. The summed E-state index contributed by atoms with van der Waals surface area (Å²) in [5, 5.41) is 7.07. The molecule has 2 nitrogen and oxygen atoms in total.